The summed E-state index contributed by atoms with van der Waals surface area (Å²) in [5.41, 5.74) is 7.15. The summed E-state index contributed by atoms with van der Waals surface area (Å²) in [7, 11) is 1.90. The van der Waals surface area contributed by atoms with Crippen molar-refractivity contribution in [1.82, 2.24) is 9.80 Å². The minimum atomic E-state index is 0. The van der Waals surface area contributed by atoms with Crippen molar-refractivity contribution in [3.05, 3.63) is 35.9 Å². The summed E-state index contributed by atoms with van der Waals surface area (Å²) >= 11 is 0. The Balaban J connectivity index is 0.00000264. The number of piperidine rings is 1. The highest BCUT2D eigenvalue weighted by Crippen LogP contribution is 2.21. The van der Waals surface area contributed by atoms with E-state index in [0.717, 1.165) is 25.9 Å². The summed E-state index contributed by atoms with van der Waals surface area (Å²) in [6, 6.07) is 10.5. The monoisotopic (exact) mass is 339 g/mol. The summed E-state index contributed by atoms with van der Waals surface area (Å²) in [6.45, 7) is 6.63. The Morgan fingerprint density at radius 3 is 2.35 bits per heavy atom. The quantitative estimate of drug-likeness (QED) is 0.897. The number of hydrogen-bond acceptors (Lipinski definition) is 3. The van der Waals surface area contributed by atoms with Gasteiger partial charge in [-0.2, -0.15) is 0 Å². The van der Waals surface area contributed by atoms with Crippen LogP contribution in [0.15, 0.2) is 30.3 Å². The van der Waals surface area contributed by atoms with Crippen molar-refractivity contribution in [3.63, 3.8) is 0 Å². The van der Waals surface area contributed by atoms with Crippen molar-refractivity contribution >= 4 is 18.3 Å². The number of likely N-dealkylation sites (N-methyl/N-ethyl adjacent to an activating group) is 1. The Morgan fingerprint density at radius 2 is 1.83 bits per heavy atom. The number of nitrogens with zero attached hydrogens (tertiary/aromatic N) is 2. The van der Waals surface area contributed by atoms with Crippen LogP contribution in [0.5, 0.6) is 0 Å². The average Bonchev–Trinajstić information content (AvgIpc) is 2.54. The molecule has 4 nitrogen and oxygen atoms in total. The van der Waals surface area contributed by atoms with Crippen molar-refractivity contribution in [2.45, 2.75) is 38.8 Å². The van der Waals surface area contributed by atoms with Gasteiger partial charge >= 0.3 is 0 Å². The Hall–Kier alpha value is -1.10. The zero-order chi connectivity index (χ0) is 16.1. The van der Waals surface area contributed by atoms with Crippen LogP contribution < -0.4 is 5.73 Å². The predicted octanol–water partition coefficient (Wildman–Crippen LogP) is 2.69. The molecule has 0 radical (unpaired) electrons. The van der Waals surface area contributed by atoms with E-state index in [1.54, 1.807) is 0 Å². The molecule has 1 aliphatic rings. The summed E-state index contributed by atoms with van der Waals surface area (Å²) in [4.78, 5) is 16.6. The van der Waals surface area contributed by atoms with Crippen molar-refractivity contribution < 1.29 is 4.79 Å². The normalized spacial score (nSPS) is 18.8. The molecule has 1 fully saturated rings. The van der Waals surface area contributed by atoms with Gasteiger partial charge in [0.25, 0.3) is 0 Å². The van der Waals surface area contributed by atoms with Crippen molar-refractivity contribution in [3.8, 4) is 0 Å². The van der Waals surface area contributed by atoms with E-state index in [-0.39, 0.29) is 30.4 Å². The number of carbonyl (C=O) groups is 1. The van der Waals surface area contributed by atoms with Crippen LogP contribution in [0.1, 0.15) is 38.3 Å². The molecule has 1 aliphatic heterocycles. The minimum Gasteiger partial charge on any atom is -0.338 e. The molecule has 23 heavy (non-hydrogen) atoms. The van der Waals surface area contributed by atoms with Gasteiger partial charge in [-0.3, -0.25) is 9.69 Å². The number of hydrogen-bond donors (Lipinski definition) is 1. The molecule has 1 aromatic carbocycles. The summed E-state index contributed by atoms with van der Waals surface area (Å²) in [6.07, 6.45) is 2.20. The van der Waals surface area contributed by atoms with Gasteiger partial charge in [0.1, 0.15) is 0 Å². The van der Waals surface area contributed by atoms with E-state index in [1.165, 1.54) is 5.56 Å². The molecular weight excluding hydrogens is 310 g/mol. The fourth-order valence-electron chi connectivity index (χ4n) is 3.11. The first-order valence-electron chi connectivity index (χ1n) is 8.27. The highest BCUT2D eigenvalue weighted by molar-refractivity contribution is 5.85. The molecule has 1 saturated heterocycles. The molecule has 0 spiro atoms. The minimum absolute atomic E-state index is 0. The van der Waals surface area contributed by atoms with E-state index in [2.05, 4.69) is 30.9 Å². The molecular formula is C18H30ClN3O. The van der Waals surface area contributed by atoms with Gasteiger partial charge in [-0.05, 0) is 51.3 Å². The van der Waals surface area contributed by atoms with Gasteiger partial charge in [0, 0.05) is 13.1 Å². The van der Waals surface area contributed by atoms with Crippen LogP contribution in [-0.2, 0) is 4.79 Å². The average molecular weight is 340 g/mol. The van der Waals surface area contributed by atoms with E-state index in [0.29, 0.717) is 12.5 Å². The number of benzene rings is 1. The molecule has 1 amide bonds. The molecule has 1 aromatic rings. The largest absolute Gasteiger partial charge is 0.338 e. The first-order chi connectivity index (χ1) is 10.5. The zero-order valence-corrected chi connectivity index (χ0v) is 15.3. The maximum Gasteiger partial charge on any atom is 0.236 e. The van der Waals surface area contributed by atoms with Crippen LogP contribution in [0, 0.1) is 5.92 Å². The van der Waals surface area contributed by atoms with E-state index < -0.39 is 0 Å². The summed E-state index contributed by atoms with van der Waals surface area (Å²) in [5, 5.41) is 0. The van der Waals surface area contributed by atoms with Crippen molar-refractivity contribution in [2.24, 2.45) is 11.7 Å². The van der Waals surface area contributed by atoms with Crippen molar-refractivity contribution in [1.29, 1.82) is 0 Å². The van der Waals surface area contributed by atoms with E-state index in [1.807, 2.05) is 30.1 Å². The Kier molecular flexibility index (Phi) is 8.03. The van der Waals surface area contributed by atoms with Crippen LogP contribution >= 0.6 is 12.4 Å². The van der Waals surface area contributed by atoms with Crippen LogP contribution in [-0.4, -0.2) is 48.4 Å². The Morgan fingerprint density at radius 1 is 1.26 bits per heavy atom. The van der Waals surface area contributed by atoms with Crippen LogP contribution in [0.3, 0.4) is 0 Å². The van der Waals surface area contributed by atoms with Crippen molar-refractivity contribution in [2.75, 3.05) is 26.7 Å². The lowest BCUT2D eigenvalue weighted by Gasteiger charge is -2.35. The molecule has 2 unspecified atom stereocenters. The first-order valence-corrected chi connectivity index (χ1v) is 8.27. The number of rotatable bonds is 5. The van der Waals surface area contributed by atoms with Crippen LogP contribution in [0.4, 0.5) is 0 Å². The SMILES string of the molecule is CC(N)C1CCN(CC(=O)N(C)C(C)c2ccccc2)CC1.Cl. The highest BCUT2D eigenvalue weighted by atomic mass is 35.5. The van der Waals surface area contributed by atoms with Gasteiger partial charge in [0.05, 0.1) is 12.6 Å². The van der Waals surface area contributed by atoms with Crippen LogP contribution in [0.25, 0.3) is 0 Å². The molecule has 0 aromatic heterocycles. The second-order valence-electron chi connectivity index (χ2n) is 6.56. The highest BCUT2D eigenvalue weighted by Gasteiger charge is 2.25. The summed E-state index contributed by atoms with van der Waals surface area (Å²) in [5.74, 6) is 0.794. The molecule has 0 saturated carbocycles. The number of halogens is 1. The third kappa shape index (κ3) is 5.48. The number of likely N-dealkylation sites (tertiary alicyclic amines) is 1. The van der Waals surface area contributed by atoms with Gasteiger partial charge in [0.15, 0.2) is 0 Å². The van der Waals surface area contributed by atoms with Gasteiger partial charge in [-0.25, -0.2) is 0 Å². The van der Waals surface area contributed by atoms with E-state index >= 15 is 0 Å². The second-order valence-corrected chi connectivity index (χ2v) is 6.56. The predicted molar refractivity (Wildman–Crippen MR) is 97.7 cm³/mol. The molecule has 2 atom stereocenters. The smallest absolute Gasteiger partial charge is 0.236 e. The lowest BCUT2D eigenvalue weighted by molar-refractivity contribution is -0.133. The lowest BCUT2D eigenvalue weighted by atomic mass is 9.91. The number of carbonyl (C=O) groups excluding carboxylic acids is 1. The third-order valence-electron chi connectivity index (χ3n) is 4.99. The second kappa shape index (κ2) is 9.26. The molecule has 0 aliphatic carbocycles. The lowest BCUT2D eigenvalue weighted by Crippen LogP contribution is -2.45. The number of amides is 1. The maximum atomic E-state index is 12.5. The Labute approximate surface area is 146 Å². The summed E-state index contributed by atoms with van der Waals surface area (Å²) < 4.78 is 0. The first kappa shape index (κ1) is 19.9. The fourth-order valence-corrected chi connectivity index (χ4v) is 3.11. The molecule has 5 heteroatoms. The number of nitrogens with two attached hydrogens (primary N) is 1. The topological polar surface area (TPSA) is 49.6 Å². The molecule has 1 heterocycles. The van der Waals surface area contributed by atoms with Gasteiger partial charge in [-0.1, -0.05) is 30.3 Å². The van der Waals surface area contributed by atoms with Gasteiger partial charge < -0.3 is 10.6 Å². The van der Waals surface area contributed by atoms with Gasteiger partial charge in [0.2, 0.25) is 5.91 Å². The maximum absolute atomic E-state index is 12.5. The van der Waals surface area contributed by atoms with E-state index in [4.69, 9.17) is 5.73 Å². The standard InChI is InChI=1S/C18H29N3O.ClH/c1-14(19)16-9-11-21(12-10-16)13-18(22)20(3)15(2)17-7-5-4-6-8-17;/h4-8,14-16H,9-13,19H2,1-3H3;1H. The molecule has 130 valence electrons. The van der Waals surface area contributed by atoms with E-state index in [9.17, 15) is 4.79 Å². The van der Waals surface area contributed by atoms with Gasteiger partial charge in [-0.15, -0.1) is 12.4 Å². The third-order valence-corrected chi connectivity index (χ3v) is 4.99. The van der Waals surface area contributed by atoms with Crippen LogP contribution in [0.2, 0.25) is 0 Å². The fraction of sp³-hybridized carbons (Fsp3) is 0.611. The molecule has 2 rings (SSSR count). The molecule has 0 bridgehead atoms. The zero-order valence-electron chi connectivity index (χ0n) is 14.4. The Bertz CT molecular complexity index is 472. The molecule has 2 N–H and O–H groups in total.